The number of anilines is 2. The van der Waals surface area contributed by atoms with Gasteiger partial charge in [0.2, 0.25) is 5.91 Å². The molecule has 8 nitrogen and oxygen atoms in total. The van der Waals surface area contributed by atoms with Crippen LogP contribution < -0.4 is 10.6 Å². The molecule has 0 bridgehead atoms. The maximum atomic E-state index is 13.7. The van der Waals surface area contributed by atoms with Crippen LogP contribution in [0, 0.1) is 0 Å². The highest BCUT2D eigenvalue weighted by atomic mass is 35.5. The van der Waals surface area contributed by atoms with E-state index in [2.05, 4.69) is 20.6 Å². The van der Waals surface area contributed by atoms with Crippen molar-refractivity contribution in [3.8, 4) is 0 Å². The molecule has 0 saturated carbocycles. The van der Waals surface area contributed by atoms with Gasteiger partial charge in [-0.15, -0.1) is 0 Å². The first-order chi connectivity index (χ1) is 18.9. The first-order valence-electron chi connectivity index (χ1n) is 12.6. The number of fused-ring (bicyclic) bond motifs is 1. The predicted molar refractivity (Wildman–Crippen MR) is 150 cm³/mol. The molecule has 1 atom stereocenters. The molecule has 3 heterocycles. The van der Waals surface area contributed by atoms with Crippen molar-refractivity contribution in [3.63, 3.8) is 0 Å². The quantitative estimate of drug-likeness (QED) is 0.338. The van der Waals surface area contributed by atoms with Crippen molar-refractivity contribution < 1.29 is 14.4 Å². The van der Waals surface area contributed by atoms with Crippen LogP contribution in [0.5, 0.6) is 0 Å². The Hall–Kier alpha value is -4.56. The lowest BCUT2D eigenvalue weighted by Gasteiger charge is -2.28. The van der Waals surface area contributed by atoms with Gasteiger partial charge >= 0.3 is 0 Å². The van der Waals surface area contributed by atoms with Crippen molar-refractivity contribution in [2.75, 3.05) is 10.6 Å². The van der Waals surface area contributed by atoms with Gasteiger partial charge in [-0.2, -0.15) is 0 Å². The zero-order valence-electron chi connectivity index (χ0n) is 21.2. The number of carbonyl (C=O) groups is 3. The minimum atomic E-state index is -0.807. The molecule has 4 aromatic rings. The zero-order chi connectivity index (χ0) is 27.4. The van der Waals surface area contributed by atoms with E-state index in [4.69, 9.17) is 11.6 Å². The number of amides is 3. The number of nitrogens with zero attached hydrogens (tertiary/aromatic N) is 3. The summed E-state index contributed by atoms with van der Waals surface area (Å²) >= 11 is 6.14. The lowest BCUT2D eigenvalue weighted by molar-refractivity contribution is -0.120. The number of benzene rings is 2. The van der Waals surface area contributed by atoms with Gasteiger partial charge in [0.05, 0.1) is 11.3 Å². The molecule has 0 spiro atoms. The summed E-state index contributed by atoms with van der Waals surface area (Å²) in [5.41, 5.74) is 3.72. The average molecular weight is 540 g/mol. The molecular weight excluding hydrogens is 514 g/mol. The molecule has 2 N–H and O–H groups in total. The van der Waals surface area contributed by atoms with Crippen molar-refractivity contribution in [1.82, 2.24) is 14.9 Å². The Morgan fingerprint density at radius 3 is 2.49 bits per heavy atom. The minimum Gasteiger partial charge on any atom is -0.323 e. The molecule has 9 heteroatoms. The fraction of sp³-hybridized carbons (Fsp3) is 0.167. The highest BCUT2D eigenvalue weighted by Crippen LogP contribution is 2.28. The van der Waals surface area contributed by atoms with Crippen molar-refractivity contribution in [3.05, 3.63) is 118 Å². The predicted octanol–water partition coefficient (Wildman–Crippen LogP) is 5.15. The van der Waals surface area contributed by atoms with Gasteiger partial charge < -0.3 is 15.5 Å². The van der Waals surface area contributed by atoms with Gasteiger partial charge in [-0.25, -0.2) is 4.98 Å². The van der Waals surface area contributed by atoms with Gasteiger partial charge in [0.1, 0.15) is 11.9 Å². The van der Waals surface area contributed by atoms with Crippen LogP contribution in [0.1, 0.15) is 44.5 Å². The third-order valence-electron chi connectivity index (χ3n) is 6.58. The van der Waals surface area contributed by atoms with Gasteiger partial charge in [0.25, 0.3) is 11.8 Å². The molecule has 196 valence electrons. The van der Waals surface area contributed by atoms with Gasteiger partial charge in [-0.05, 0) is 66.1 Å². The summed E-state index contributed by atoms with van der Waals surface area (Å²) in [6.45, 7) is 2.20. The van der Waals surface area contributed by atoms with E-state index in [1.807, 2.05) is 25.1 Å². The lowest BCUT2D eigenvalue weighted by Crippen LogP contribution is -2.46. The Bertz CT molecular complexity index is 1510. The van der Waals surface area contributed by atoms with E-state index < -0.39 is 6.04 Å². The Morgan fingerprint density at radius 2 is 1.79 bits per heavy atom. The molecule has 3 amide bonds. The molecule has 2 aromatic carbocycles. The van der Waals surface area contributed by atoms with E-state index in [1.54, 1.807) is 67.0 Å². The van der Waals surface area contributed by atoms with Crippen molar-refractivity contribution in [2.24, 2.45) is 0 Å². The smallest absolute Gasteiger partial charge is 0.256 e. The Kier molecular flexibility index (Phi) is 7.65. The van der Waals surface area contributed by atoms with E-state index in [-0.39, 0.29) is 30.7 Å². The minimum absolute atomic E-state index is 0.160. The van der Waals surface area contributed by atoms with Crippen LogP contribution >= 0.6 is 11.6 Å². The first kappa shape index (κ1) is 26.1. The number of hydrogen-bond donors (Lipinski definition) is 2. The van der Waals surface area contributed by atoms with Crippen molar-refractivity contribution in [2.45, 2.75) is 32.4 Å². The fourth-order valence-corrected chi connectivity index (χ4v) is 4.59. The molecule has 0 radical (unpaired) electrons. The van der Waals surface area contributed by atoms with E-state index >= 15 is 0 Å². The summed E-state index contributed by atoms with van der Waals surface area (Å²) in [5.74, 6) is -0.446. The molecule has 0 fully saturated rings. The number of pyridine rings is 2. The lowest BCUT2D eigenvalue weighted by atomic mass is 10.0. The van der Waals surface area contributed by atoms with Crippen LogP contribution in [-0.4, -0.2) is 38.6 Å². The molecular formula is C30H26ClN5O3. The molecule has 5 rings (SSSR count). The van der Waals surface area contributed by atoms with Gasteiger partial charge in [-0.3, -0.25) is 19.4 Å². The summed E-state index contributed by atoms with van der Waals surface area (Å²) in [6.07, 6.45) is 4.50. The molecule has 39 heavy (non-hydrogen) atoms. The molecule has 1 aliphatic rings. The largest absolute Gasteiger partial charge is 0.323 e. The Morgan fingerprint density at radius 1 is 1.00 bits per heavy atom. The Labute approximate surface area is 231 Å². The second-order valence-electron chi connectivity index (χ2n) is 9.21. The molecule has 0 unspecified atom stereocenters. The summed E-state index contributed by atoms with van der Waals surface area (Å²) < 4.78 is 0. The zero-order valence-corrected chi connectivity index (χ0v) is 22.0. The third-order valence-corrected chi connectivity index (χ3v) is 6.82. The van der Waals surface area contributed by atoms with Crippen LogP contribution in [-0.2, 0) is 24.2 Å². The maximum Gasteiger partial charge on any atom is 0.256 e. The number of halogens is 1. The molecule has 0 saturated heterocycles. The summed E-state index contributed by atoms with van der Waals surface area (Å²) in [7, 11) is 0. The number of carbonyl (C=O) groups excluding carboxylic acids is 3. The first-order valence-corrected chi connectivity index (χ1v) is 13.0. The summed E-state index contributed by atoms with van der Waals surface area (Å²) in [5, 5.41) is 6.08. The highest BCUT2D eigenvalue weighted by molar-refractivity contribution is 6.31. The monoisotopic (exact) mass is 539 g/mol. The number of hydrogen-bond acceptors (Lipinski definition) is 5. The van der Waals surface area contributed by atoms with E-state index in [0.717, 1.165) is 17.5 Å². The molecule has 2 aromatic heterocycles. The number of nitrogens with one attached hydrogen (secondary N) is 2. The third kappa shape index (κ3) is 5.97. The van der Waals surface area contributed by atoms with E-state index in [0.29, 0.717) is 33.3 Å². The molecule has 0 aliphatic carbocycles. The number of rotatable bonds is 7. The standard InChI is InChI=1S/C30H26ClN5O3/c1-2-19-8-13-27(33-17-19)35-28(37)21-9-6-20(7-10-21)18-36-26(16-23-5-3-4-14-32-23)29(38)34-25-15-22(31)11-12-24(25)30(36)39/h3-15,17,26H,2,16,18H2,1H3,(H,34,38)(H,33,35,37)/t26-/m1/s1. The van der Waals surface area contributed by atoms with Crippen LogP contribution in [0.2, 0.25) is 5.02 Å². The van der Waals surface area contributed by atoms with Crippen LogP contribution in [0.4, 0.5) is 11.5 Å². The topological polar surface area (TPSA) is 104 Å². The van der Waals surface area contributed by atoms with E-state index in [1.165, 1.54) is 4.90 Å². The van der Waals surface area contributed by atoms with E-state index in [9.17, 15) is 14.4 Å². The normalized spacial score (nSPS) is 14.8. The van der Waals surface area contributed by atoms with Crippen LogP contribution in [0.25, 0.3) is 0 Å². The van der Waals surface area contributed by atoms with Gasteiger partial charge in [0, 0.05) is 41.6 Å². The summed E-state index contributed by atoms with van der Waals surface area (Å²) in [6, 6.07) is 20.1. The highest BCUT2D eigenvalue weighted by Gasteiger charge is 2.36. The number of aromatic nitrogens is 2. The fourth-order valence-electron chi connectivity index (χ4n) is 4.42. The van der Waals surface area contributed by atoms with Crippen LogP contribution in [0.3, 0.4) is 0 Å². The second-order valence-corrected chi connectivity index (χ2v) is 9.65. The second kappa shape index (κ2) is 11.4. The SMILES string of the molecule is CCc1ccc(NC(=O)c2ccc(CN3C(=O)c4ccc(Cl)cc4NC(=O)[C@H]3Cc3ccccn3)cc2)nc1. The maximum absolute atomic E-state index is 13.7. The number of aryl methyl sites for hydroxylation is 1. The van der Waals surface area contributed by atoms with Gasteiger partial charge in [0.15, 0.2) is 0 Å². The van der Waals surface area contributed by atoms with Gasteiger partial charge in [-0.1, -0.05) is 42.8 Å². The Balaban J connectivity index is 1.39. The van der Waals surface area contributed by atoms with Crippen LogP contribution in [0.15, 0.2) is 85.2 Å². The van der Waals surface area contributed by atoms with Crippen molar-refractivity contribution >= 4 is 40.8 Å². The molecule has 1 aliphatic heterocycles. The van der Waals surface area contributed by atoms with Crippen molar-refractivity contribution in [1.29, 1.82) is 0 Å². The average Bonchev–Trinajstić information content (AvgIpc) is 3.04. The summed E-state index contributed by atoms with van der Waals surface area (Å²) in [4.78, 5) is 50.0.